The Morgan fingerprint density at radius 3 is 2.85 bits per heavy atom. The molecule has 1 saturated heterocycles. The maximum absolute atomic E-state index is 5.84. The van der Waals surface area contributed by atoms with E-state index in [2.05, 4.69) is 53.8 Å². The van der Waals surface area contributed by atoms with Gasteiger partial charge in [-0.1, -0.05) is 24.3 Å². The summed E-state index contributed by atoms with van der Waals surface area (Å²) in [6.07, 6.45) is 6.00. The summed E-state index contributed by atoms with van der Waals surface area (Å²) in [6.45, 7) is 8.12. The lowest BCUT2D eigenvalue weighted by molar-refractivity contribution is 0.0243. The van der Waals surface area contributed by atoms with Gasteiger partial charge in [0.25, 0.3) is 0 Å². The fraction of sp³-hybridized carbons (Fsp3) is 0.500. The molecule has 1 aliphatic rings. The SMILES string of the molecule is CCNC(=NCc1cccc(Cn2cccn2)c1)NCC1(C)CCCO1.I. The number of nitrogens with zero attached hydrogens (tertiary/aromatic N) is 3. The first-order chi connectivity index (χ1) is 12.7. The first-order valence-electron chi connectivity index (χ1n) is 9.38. The molecule has 0 saturated carbocycles. The second kappa shape index (κ2) is 10.7. The first-order valence-corrected chi connectivity index (χ1v) is 9.38. The molecule has 0 radical (unpaired) electrons. The van der Waals surface area contributed by atoms with E-state index in [1.54, 1.807) is 6.20 Å². The van der Waals surface area contributed by atoms with Crippen LogP contribution in [0.15, 0.2) is 47.7 Å². The number of aliphatic imine (C=N–C) groups is 1. The van der Waals surface area contributed by atoms with Crippen LogP contribution in [-0.2, 0) is 17.8 Å². The fourth-order valence-corrected chi connectivity index (χ4v) is 3.17. The Morgan fingerprint density at radius 2 is 2.15 bits per heavy atom. The van der Waals surface area contributed by atoms with Gasteiger partial charge in [-0.25, -0.2) is 4.99 Å². The maximum atomic E-state index is 5.84. The topological polar surface area (TPSA) is 63.5 Å². The molecule has 0 bridgehead atoms. The van der Waals surface area contributed by atoms with Gasteiger partial charge in [0, 0.05) is 32.1 Å². The predicted octanol–water partition coefficient (Wildman–Crippen LogP) is 3.17. The summed E-state index contributed by atoms with van der Waals surface area (Å²) in [6, 6.07) is 10.4. The Bertz CT molecular complexity index is 711. The van der Waals surface area contributed by atoms with Crippen molar-refractivity contribution in [3.8, 4) is 0 Å². The Hall–Kier alpha value is -1.61. The molecule has 7 heteroatoms. The molecular formula is C20H30IN5O. The molecule has 1 fully saturated rings. The molecule has 0 amide bonds. The molecule has 1 aromatic carbocycles. The summed E-state index contributed by atoms with van der Waals surface area (Å²) in [4.78, 5) is 4.73. The second-order valence-electron chi connectivity index (χ2n) is 6.97. The zero-order valence-electron chi connectivity index (χ0n) is 16.1. The van der Waals surface area contributed by atoms with Gasteiger partial charge in [-0.3, -0.25) is 4.68 Å². The third kappa shape index (κ3) is 6.80. The second-order valence-corrected chi connectivity index (χ2v) is 6.97. The quantitative estimate of drug-likeness (QED) is 0.361. The van der Waals surface area contributed by atoms with Gasteiger partial charge in [-0.15, -0.1) is 24.0 Å². The molecule has 0 spiro atoms. The molecule has 1 unspecified atom stereocenters. The Balaban J connectivity index is 0.00000261. The standard InChI is InChI=1S/C20H29N5O.HI/c1-3-21-19(23-16-20(2)9-5-12-26-20)22-14-17-7-4-8-18(13-17)15-25-11-6-10-24-25;/h4,6-8,10-11,13H,3,5,9,12,14-16H2,1-2H3,(H2,21,22,23);1H. The number of guanidine groups is 1. The fourth-order valence-electron chi connectivity index (χ4n) is 3.17. The lowest BCUT2D eigenvalue weighted by Gasteiger charge is -2.24. The summed E-state index contributed by atoms with van der Waals surface area (Å²) in [5.41, 5.74) is 2.33. The molecule has 2 aromatic rings. The zero-order chi connectivity index (χ0) is 18.2. The Morgan fingerprint density at radius 1 is 1.30 bits per heavy atom. The molecule has 1 atom stereocenters. The number of hydrogen-bond donors (Lipinski definition) is 2. The van der Waals surface area contributed by atoms with Gasteiger partial charge < -0.3 is 15.4 Å². The Labute approximate surface area is 178 Å². The molecule has 148 valence electrons. The molecule has 1 aromatic heterocycles. The minimum absolute atomic E-state index is 0. The molecule has 2 heterocycles. The van der Waals surface area contributed by atoms with Crippen LogP contribution in [0.1, 0.15) is 37.8 Å². The van der Waals surface area contributed by atoms with Crippen molar-refractivity contribution in [3.05, 3.63) is 53.9 Å². The van der Waals surface area contributed by atoms with Crippen molar-refractivity contribution in [2.24, 2.45) is 4.99 Å². The van der Waals surface area contributed by atoms with Crippen LogP contribution in [0.3, 0.4) is 0 Å². The lowest BCUT2D eigenvalue weighted by Crippen LogP contribution is -2.45. The highest BCUT2D eigenvalue weighted by atomic mass is 127. The smallest absolute Gasteiger partial charge is 0.191 e. The van der Waals surface area contributed by atoms with Crippen molar-refractivity contribution in [2.45, 2.75) is 45.4 Å². The molecule has 27 heavy (non-hydrogen) atoms. The van der Waals surface area contributed by atoms with Crippen molar-refractivity contribution in [1.82, 2.24) is 20.4 Å². The predicted molar refractivity (Wildman–Crippen MR) is 120 cm³/mol. The molecule has 0 aliphatic carbocycles. The van der Waals surface area contributed by atoms with Crippen LogP contribution in [0, 0.1) is 0 Å². The number of hydrogen-bond acceptors (Lipinski definition) is 3. The summed E-state index contributed by atoms with van der Waals surface area (Å²) < 4.78 is 7.77. The molecular weight excluding hydrogens is 453 g/mol. The van der Waals surface area contributed by atoms with Crippen LogP contribution in [0.2, 0.25) is 0 Å². The van der Waals surface area contributed by atoms with E-state index in [1.807, 2.05) is 16.9 Å². The highest BCUT2D eigenvalue weighted by molar-refractivity contribution is 14.0. The van der Waals surface area contributed by atoms with E-state index in [4.69, 9.17) is 9.73 Å². The van der Waals surface area contributed by atoms with E-state index >= 15 is 0 Å². The lowest BCUT2D eigenvalue weighted by atomic mass is 10.0. The third-order valence-electron chi connectivity index (χ3n) is 4.59. The monoisotopic (exact) mass is 483 g/mol. The number of aromatic nitrogens is 2. The van der Waals surface area contributed by atoms with Crippen LogP contribution in [0.5, 0.6) is 0 Å². The number of rotatable bonds is 7. The third-order valence-corrected chi connectivity index (χ3v) is 4.59. The van der Waals surface area contributed by atoms with E-state index in [1.165, 1.54) is 11.1 Å². The Kier molecular flexibility index (Phi) is 8.56. The highest BCUT2D eigenvalue weighted by Gasteiger charge is 2.29. The van der Waals surface area contributed by atoms with Gasteiger partial charge in [0.2, 0.25) is 0 Å². The van der Waals surface area contributed by atoms with Crippen molar-refractivity contribution in [3.63, 3.8) is 0 Å². The first kappa shape index (κ1) is 21.7. The summed E-state index contributed by atoms with van der Waals surface area (Å²) in [5, 5.41) is 11.0. The maximum Gasteiger partial charge on any atom is 0.191 e. The summed E-state index contributed by atoms with van der Waals surface area (Å²) >= 11 is 0. The van der Waals surface area contributed by atoms with E-state index in [9.17, 15) is 0 Å². The van der Waals surface area contributed by atoms with Crippen LogP contribution in [0.4, 0.5) is 0 Å². The summed E-state index contributed by atoms with van der Waals surface area (Å²) in [5.74, 6) is 0.835. The largest absolute Gasteiger partial charge is 0.373 e. The van der Waals surface area contributed by atoms with Gasteiger partial charge in [-0.2, -0.15) is 5.10 Å². The van der Waals surface area contributed by atoms with Gasteiger partial charge in [0.1, 0.15) is 0 Å². The van der Waals surface area contributed by atoms with E-state index in [-0.39, 0.29) is 29.6 Å². The van der Waals surface area contributed by atoms with Crippen LogP contribution in [0.25, 0.3) is 0 Å². The van der Waals surface area contributed by atoms with Crippen molar-refractivity contribution in [1.29, 1.82) is 0 Å². The van der Waals surface area contributed by atoms with E-state index in [0.29, 0.717) is 6.54 Å². The number of halogens is 1. The van der Waals surface area contributed by atoms with Crippen LogP contribution < -0.4 is 10.6 Å². The van der Waals surface area contributed by atoms with E-state index in [0.717, 1.165) is 45.0 Å². The van der Waals surface area contributed by atoms with Crippen molar-refractivity contribution in [2.75, 3.05) is 19.7 Å². The van der Waals surface area contributed by atoms with E-state index < -0.39 is 0 Å². The zero-order valence-corrected chi connectivity index (χ0v) is 18.5. The van der Waals surface area contributed by atoms with Gasteiger partial charge in [0.15, 0.2) is 5.96 Å². The normalized spacial score (nSPS) is 19.6. The number of nitrogens with one attached hydrogen (secondary N) is 2. The van der Waals surface area contributed by atoms with Crippen molar-refractivity contribution < 1.29 is 4.74 Å². The summed E-state index contributed by atoms with van der Waals surface area (Å²) in [7, 11) is 0. The van der Waals surface area contributed by atoms with Gasteiger partial charge in [0.05, 0.1) is 18.7 Å². The van der Waals surface area contributed by atoms with Gasteiger partial charge >= 0.3 is 0 Å². The number of ether oxygens (including phenoxy) is 1. The van der Waals surface area contributed by atoms with Crippen LogP contribution in [-0.4, -0.2) is 41.0 Å². The number of benzene rings is 1. The molecule has 3 rings (SSSR count). The van der Waals surface area contributed by atoms with Crippen molar-refractivity contribution >= 4 is 29.9 Å². The molecule has 1 aliphatic heterocycles. The molecule has 2 N–H and O–H groups in total. The average Bonchev–Trinajstić information content (AvgIpc) is 3.30. The minimum Gasteiger partial charge on any atom is -0.373 e. The van der Waals surface area contributed by atoms with Crippen LogP contribution >= 0.6 is 24.0 Å². The van der Waals surface area contributed by atoms with Gasteiger partial charge in [-0.05, 0) is 43.9 Å². The minimum atomic E-state index is -0.0835. The highest BCUT2D eigenvalue weighted by Crippen LogP contribution is 2.23. The average molecular weight is 483 g/mol. The molecule has 6 nitrogen and oxygen atoms in total.